The van der Waals surface area contributed by atoms with Crippen molar-refractivity contribution < 1.29 is 9.47 Å². The first kappa shape index (κ1) is 11.0. The van der Waals surface area contributed by atoms with E-state index in [9.17, 15) is 0 Å². The molecule has 2 N–H and O–H groups in total. The Hall–Kier alpha value is -0.120. The number of nitrogens with two attached hydrogens (primary N) is 1. The number of hydrogen-bond donors (Lipinski definition) is 1. The van der Waals surface area contributed by atoms with Crippen LogP contribution in [0.3, 0.4) is 0 Å². The topological polar surface area (TPSA) is 44.5 Å². The molecular weight excluding hydrogens is 166 g/mol. The van der Waals surface area contributed by atoms with Gasteiger partial charge in [-0.2, -0.15) is 0 Å². The Morgan fingerprint density at radius 1 is 1.54 bits per heavy atom. The molecule has 0 amide bonds. The highest BCUT2D eigenvalue weighted by atomic mass is 16.5. The summed E-state index contributed by atoms with van der Waals surface area (Å²) in [4.78, 5) is 0. The lowest BCUT2D eigenvalue weighted by atomic mass is 10.0. The maximum absolute atomic E-state index is 5.94. The number of ether oxygens (including phenoxy) is 2. The minimum Gasteiger partial charge on any atom is -0.379 e. The normalized spacial score (nSPS) is 30.5. The molecule has 0 aliphatic carbocycles. The third-order valence-electron chi connectivity index (χ3n) is 2.68. The van der Waals surface area contributed by atoms with Crippen LogP contribution in [0, 0.1) is 0 Å². The average molecular weight is 187 g/mol. The monoisotopic (exact) mass is 187 g/mol. The van der Waals surface area contributed by atoms with Crippen LogP contribution in [0.5, 0.6) is 0 Å². The van der Waals surface area contributed by atoms with Gasteiger partial charge in [0, 0.05) is 12.6 Å². The lowest BCUT2D eigenvalue weighted by molar-refractivity contribution is -0.130. The molecule has 0 aromatic heterocycles. The van der Waals surface area contributed by atoms with Gasteiger partial charge >= 0.3 is 0 Å². The molecule has 1 saturated heterocycles. The molecule has 0 radical (unpaired) electrons. The van der Waals surface area contributed by atoms with Gasteiger partial charge in [0.2, 0.25) is 0 Å². The summed E-state index contributed by atoms with van der Waals surface area (Å²) in [6.07, 6.45) is 1.98. The molecule has 2 atom stereocenters. The summed E-state index contributed by atoms with van der Waals surface area (Å²) >= 11 is 0. The zero-order chi connectivity index (χ0) is 9.90. The third-order valence-corrected chi connectivity index (χ3v) is 2.68. The standard InChI is InChI=1S/C10H21NO2/c1-4-10(2,3)13-9-7-12-6-5-8(9)11/h8-9H,4-7,11H2,1-3H3. The van der Waals surface area contributed by atoms with Gasteiger partial charge in [-0.25, -0.2) is 0 Å². The van der Waals surface area contributed by atoms with Crippen LogP contribution in [0.25, 0.3) is 0 Å². The fourth-order valence-corrected chi connectivity index (χ4v) is 1.34. The van der Waals surface area contributed by atoms with Gasteiger partial charge in [-0.3, -0.25) is 0 Å². The Morgan fingerprint density at radius 3 is 2.77 bits per heavy atom. The first-order valence-electron chi connectivity index (χ1n) is 5.06. The molecule has 0 aromatic carbocycles. The van der Waals surface area contributed by atoms with E-state index in [-0.39, 0.29) is 17.7 Å². The molecule has 3 nitrogen and oxygen atoms in total. The summed E-state index contributed by atoms with van der Waals surface area (Å²) in [5.41, 5.74) is 5.86. The maximum Gasteiger partial charge on any atom is 0.0966 e. The fraction of sp³-hybridized carbons (Fsp3) is 1.00. The van der Waals surface area contributed by atoms with Crippen molar-refractivity contribution >= 4 is 0 Å². The highest BCUT2D eigenvalue weighted by Gasteiger charge is 2.28. The van der Waals surface area contributed by atoms with E-state index in [2.05, 4.69) is 20.8 Å². The molecule has 2 unspecified atom stereocenters. The predicted molar refractivity (Wildman–Crippen MR) is 52.7 cm³/mol. The summed E-state index contributed by atoms with van der Waals surface area (Å²) < 4.78 is 11.2. The van der Waals surface area contributed by atoms with Crippen molar-refractivity contribution in [1.29, 1.82) is 0 Å². The van der Waals surface area contributed by atoms with E-state index >= 15 is 0 Å². The van der Waals surface area contributed by atoms with Gasteiger partial charge in [0.1, 0.15) is 0 Å². The van der Waals surface area contributed by atoms with Gasteiger partial charge in [0.05, 0.1) is 18.3 Å². The molecule has 13 heavy (non-hydrogen) atoms. The Labute approximate surface area is 80.6 Å². The van der Waals surface area contributed by atoms with Gasteiger partial charge in [-0.15, -0.1) is 0 Å². The van der Waals surface area contributed by atoms with Crippen LogP contribution in [-0.4, -0.2) is 31.0 Å². The largest absolute Gasteiger partial charge is 0.379 e. The van der Waals surface area contributed by atoms with E-state index in [1.54, 1.807) is 0 Å². The van der Waals surface area contributed by atoms with Crippen molar-refractivity contribution in [1.82, 2.24) is 0 Å². The van der Waals surface area contributed by atoms with Gasteiger partial charge in [0.15, 0.2) is 0 Å². The summed E-state index contributed by atoms with van der Waals surface area (Å²) in [6, 6.07) is 0.138. The van der Waals surface area contributed by atoms with Crippen molar-refractivity contribution in [2.45, 2.75) is 51.4 Å². The maximum atomic E-state index is 5.94. The van der Waals surface area contributed by atoms with Crippen molar-refractivity contribution in [2.75, 3.05) is 13.2 Å². The fourth-order valence-electron chi connectivity index (χ4n) is 1.34. The second kappa shape index (κ2) is 4.40. The molecule has 1 aliphatic heterocycles. The van der Waals surface area contributed by atoms with Crippen molar-refractivity contribution in [3.05, 3.63) is 0 Å². The van der Waals surface area contributed by atoms with Gasteiger partial charge in [0.25, 0.3) is 0 Å². The van der Waals surface area contributed by atoms with E-state index in [0.29, 0.717) is 6.61 Å². The highest BCUT2D eigenvalue weighted by molar-refractivity contribution is 4.80. The van der Waals surface area contributed by atoms with Gasteiger partial charge < -0.3 is 15.2 Å². The first-order valence-corrected chi connectivity index (χ1v) is 5.06. The van der Waals surface area contributed by atoms with E-state index in [1.807, 2.05) is 0 Å². The SMILES string of the molecule is CCC(C)(C)OC1COCCC1N. The molecule has 1 aliphatic rings. The van der Waals surface area contributed by atoms with Crippen LogP contribution < -0.4 is 5.73 Å². The summed E-state index contributed by atoms with van der Waals surface area (Å²) in [7, 11) is 0. The average Bonchev–Trinajstić information content (AvgIpc) is 2.09. The lowest BCUT2D eigenvalue weighted by Gasteiger charge is -2.35. The van der Waals surface area contributed by atoms with Crippen LogP contribution in [-0.2, 0) is 9.47 Å². The van der Waals surface area contributed by atoms with E-state index in [4.69, 9.17) is 15.2 Å². The van der Waals surface area contributed by atoms with Crippen molar-refractivity contribution in [2.24, 2.45) is 5.73 Å². The van der Waals surface area contributed by atoms with Crippen LogP contribution in [0.15, 0.2) is 0 Å². The predicted octanol–water partition coefficient (Wildman–Crippen LogP) is 1.31. The molecule has 3 heteroatoms. The van der Waals surface area contributed by atoms with Crippen LogP contribution >= 0.6 is 0 Å². The van der Waals surface area contributed by atoms with Gasteiger partial charge in [-0.1, -0.05) is 6.92 Å². The Kier molecular flexibility index (Phi) is 3.71. The van der Waals surface area contributed by atoms with Crippen LogP contribution in [0.2, 0.25) is 0 Å². The Bertz CT molecular complexity index is 159. The van der Waals surface area contributed by atoms with E-state index in [0.717, 1.165) is 19.4 Å². The summed E-state index contributed by atoms with van der Waals surface area (Å²) in [5.74, 6) is 0. The smallest absolute Gasteiger partial charge is 0.0966 e. The van der Waals surface area contributed by atoms with Crippen molar-refractivity contribution in [3.63, 3.8) is 0 Å². The van der Waals surface area contributed by atoms with E-state index in [1.165, 1.54) is 0 Å². The second-order valence-corrected chi connectivity index (χ2v) is 4.30. The molecule has 1 rings (SSSR count). The quantitative estimate of drug-likeness (QED) is 0.724. The third kappa shape index (κ3) is 3.25. The highest BCUT2D eigenvalue weighted by Crippen LogP contribution is 2.20. The van der Waals surface area contributed by atoms with E-state index < -0.39 is 0 Å². The van der Waals surface area contributed by atoms with Crippen LogP contribution in [0.4, 0.5) is 0 Å². The molecule has 78 valence electrons. The molecule has 0 aromatic rings. The molecule has 1 fully saturated rings. The summed E-state index contributed by atoms with van der Waals surface area (Å²) in [6.45, 7) is 7.72. The van der Waals surface area contributed by atoms with Crippen LogP contribution in [0.1, 0.15) is 33.6 Å². The molecule has 0 bridgehead atoms. The molecule has 0 spiro atoms. The minimum absolute atomic E-state index is 0.0729. The van der Waals surface area contributed by atoms with Gasteiger partial charge in [-0.05, 0) is 26.7 Å². The summed E-state index contributed by atoms with van der Waals surface area (Å²) in [5, 5.41) is 0. The number of hydrogen-bond acceptors (Lipinski definition) is 3. The Balaban J connectivity index is 2.42. The molecule has 0 saturated carbocycles. The molecule has 1 heterocycles. The molecular formula is C10H21NO2. The first-order chi connectivity index (χ1) is 6.05. The Morgan fingerprint density at radius 2 is 2.23 bits per heavy atom. The zero-order valence-corrected chi connectivity index (χ0v) is 8.88. The minimum atomic E-state index is -0.0804. The number of rotatable bonds is 3. The second-order valence-electron chi connectivity index (χ2n) is 4.30. The van der Waals surface area contributed by atoms with Crippen molar-refractivity contribution in [3.8, 4) is 0 Å². The lowest BCUT2D eigenvalue weighted by Crippen LogP contribution is -2.48. The zero-order valence-electron chi connectivity index (χ0n) is 8.88.